The first-order chi connectivity index (χ1) is 15.1. The molecule has 0 fully saturated rings. The van der Waals surface area contributed by atoms with Gasteiger partial charge in [0.2, 0.25) is 17.6 Å². The zero-order valence-corrected chi connectivity index (χ0v) is 16.7. The summed E-state index contributed by atoms with van der Waals surface area (Å²) in [6.45, 7) is 1.76. The van der Waals surface area contributed by atoms with Gasteiger partial charge in [-0.25, -0.2) is 0 Å². The van der Waals surface area contributed by atoms with Gasteiger partial charge in [-0.1, -0.05) is 41.6 Å². The van der Waals surface area contributed by atoms with Crippen molar-refractivity contribution in [2.24, 2.45) is 0 Å². The van der Waals surface area contributed by atoms with E-state index in [1.807, 2.05) is 59.2 Å². The Hall–Kier alpha value is -4.26. The minimum absolute atomic E-state index is 0.0410. The average Bonchev–Trinajstić information content (AvgIpc) is 3.23. The highest BCUT2D eigenvalue weighted by Crippen LogP contribution is 2.26. The highest BCUT2D eigenvalue weighted by Gasteiger charge is 2.16. The van der Waals surface area contributed by atoms with E-state index < -0.39 is 0 Å². The van der Waals surface area contributed by atoms with E-state index in [9.17, 15) is 9.59 Å². The first-order valence-electron chi connectivity index (χ1n) is 9.81. The molecule has 0 atom stereocenters. The van der Waals surface area contributed by atoms with Gasteiger partial charge in [0, 0.05) is 23.3 Å². The molecule has 1 N–H and O–H groups in total. The van der Waals surface area contributed by atoms with E-state index in [1.165, 1.54) is 0 Å². The highest BCUT2D eigenvalue weighted by atomic mass is 16.5. The van der Waals surface area contributed by atoms with Crippen LogP contribution >= 0.6 is 0 Å². The normalized spacial score (nSPS) is 11.1. The van der Waals surface area contributed by atoms with Crippen LogP contribution in [-0.4, -0.2) is 20.6 Å². The van der Waals surface area contributed by atoms with Gasteiger partial charge in [-0.05, 0) is 36.4 Å². The molecule has 1 amide bonds. The molecule has 31 heavy (non-hydrogen) atoms. The van der Waals surface area contributed by atoms with Crippen molar-refractivity contribution < 1.29 is 9.32 Å². The third-order valence-corrected chi connectivity index (χ3v) is 5.15. The van der Waals surface area contributed by atoms with Crippen molar-refractivity contribution >= 4 is 33.4 Å². The van der Waals surface area contributed by atoms with E-state index in [4.69, 9.17) is 4.52 Å². The third kappa shape index (κ3) is 3.36. The summed E-state index contributed by atoms with van der Waals surface area (Å²) in [7, 11) is 0. The topological polar surface area (TPSA) is 90.0 Å². The number of fused-ring (bicyclic) bond motifs is 2. The summed E-state index contributed by atoms with van der Waals surface area (Å²) < 4.78 is 6.94. The number of amides is 1. The molecule has 0 aliphatic rings. The molecule has 0 bridgehead atoms. The van der Waals surface area contributed by atoms with Crippen molar-refractivity contribution in [1.29, 1.82) is 0 Å². The Morgan fingerprint density at radius 3 is 2.19 bits per heavy atom. The number of carbonyl (C=O) groups is 1. The first kappa shape index (κ1) is 18.7. The molecule has 0 saturated carbocycles. The van der Waals surface area contributed by atoms with Gasteiger partial charge in [-0.2, -0.15) is 4.98 Å². The van der Waals surface area contributed by atoms with Gasteiger partial charge < -0.3 is 14.4 Å². The number of nitrogens with zero attached hydrogens (tertiary/aromatic N) is 3. The number of hydrogen-bond donors (Lipinski definition) is 1. The number of benzene rings is 3. The molecule has 152 valence electrons. The summed E-state index contributed by atoms with van der Waals surface area (Å²) in [5.74, 6) is 0.626. The number of para-hydroxylation sites is 3. The fourth-order valence-corrected chi connectivity index (χ4v) is 3.78. The molecule has 5 rings (SSSR count). The van der Waals surface area contributed by atoms with Crippen LogP contribution in [0.3, 0.4) is 0 Å². The molecule has 7 heteroatoms. The number of rotatable bonds is 4. The van der Waals surface area contributed by atoms with Crippen molar-refractivity contribution in [1.82, 2.24) is 14.7 Å². The molecule has 2 heterocycles. The van der Waals surface area contributed by atoms with Crippen LogP contribution in [0.25, 0.3) is 33.2 Å². The van der Waals surface area contributed by atoms with Gasteiger partial charge in [-0.15, -0.1) is 0 Å². The number of aromatic nitrogens is 3. The lowest BCUT2D eigenvalue weighted by atomic mass is 10.1. The number of pyridine rings is 1. The van der Waals surface area contributed by atoms with Crippen LogP contribution in [0.2, 0.25) is 0 Å². The second-order valence-corrected chi connectivity index (χ2v) is 7.18. The van der Waals surface area contributed by atoms with Gasteiger partial charge in [-0.3, -0.25) is 9.59 Å². The molecule has 0 aliphatic carbocycles. The molecule has 0 spiro atoms. The fourth-order valence-electron chi connectivity index (χ4n) is 3.78. The van der Waals surface area contributed by atoms with Crippen LogP contribution in [0.15, 0.2) is 82.1 Å². The maximum absolute atomic E-state index is 13.1. The Morgan fingerprint density at radius 2 is 1.55 bits per heavy atom. The van der Waals surface area contributed by atoms with Crippen LogP contribution in [0.5, 0.6) is 0 Å². The van der Waals surface area contributed by atoms with Gasteiger partial charge in [0.05, 0.1) is 16.7 Å². The smallest absolute Gasteiger partial charge is 0.244 e. The van der Waals surface area contributed by atoms with Crippen molar-refractivity contribution in [3.05, 3.63) is 88.9 Å². The van der Waals surface area contributed by atoms with E-state index in [2.05, 4.69) is 15.5 Å². The molecular weight excluding hydrogens is 392 g/mol. The molecular formula is C24H18N4O3. The second-order valence-electron chi connectivity index (χ2n) is 7.18. The third-order valence-electron chi connectivity index (χ3n) is 5.15. The molecule has 2 aromatic heterocycles. The van der Waals surface area contributed by atoms with Gasteiger partial charge in [0.25, 0.3) is 0 Å². The fraction of sp³-hybridized carbons (Fsp3) is 0.0833. The average molecular weight is 410 g/mol. The lowest BCUT2D eigenvalue weighted by Crippen LogP contribution is -2.21. The molecule has 0 aliphatic heterocycles. The summed E-state index contributed by atoms with van der Waals surface area (Å²) in [6, 6.07) is 21.9. The second kappa shape index (κ2) is 7.53. The SMILES string of the molecule is Cc1nc(-c2ccccc2NC(=O)Cn2c3ccccc3c(=O)c3ccccc32)no1. The van der Waals surface area contributed by atoms with Crippen molar-refractivity contribution in [3.8, 4) is 11.4 Å². The van der Waals surface area contributed by atoms with Crippen molar-refractivity contribution in [2.45, 2.75) is 13.5 Å². The van der Waals surface area contributed by atoms with E-state index in [0.29, 0.717) is 44.8 Å². The highest BCUT2D eigenvalue weighted by molar-refractivity contribution is 5.98. The van der Waals surface area contributed by atoms with Crippen LogP contribution in [0, 0.1) is 6.92 Å². The summed E-state index contributed by atoms with van der Waals surface area (Å²) >= 11 is 0. The molecule has 7 nitrogen and oxygen atoms in total. The standard InChI is InChI=1S/C24H18N4O3/c1-15-25-24(27-31-15)16-8-2-5-11-19(16)26-22(29)14-28-20-12-6-3-9-17(20)23(30)18-10-4-7-13-21(18)28/h2-13H,14H2,1H3,(H,26,29). The summed E-state index contributed by atoms with van der Waals surface area (Å²) in [5.41, 5.74) is 2.64. The number of carbonyl (C=O) groups excluding carboxylic acids is 1. The first-order valence-corrected chi connectivity index (χ1v) is 9.81. The van der Waals surface area contributed by atoms with Crippen LogP contribution < -0.4 is 10.7 Å². The zero-order valence-electron chi connectivity index (χ0n) is 16.7. The van der Waals surface area contributed by atoms with Gasteiger partial charge in [0.15, 0.2) is 5.43 Å². The maximum atomic E-state index is 13.1. The minimum Gasteiger partial charge on any atom is -0.339 e. The van der Waals surface area contributed by atoms with Crippen molar-refractivity contribution in [2.75, 3.05) is 5.32 Å². The Kier molecular flexibility index (Phi) is 4.55. The number of aryl methyl sites for hydroxylation is 1. The van der Waals surface area contributed by atoms with E-state index >= 15 is 0 Å². The minimum atomic E-state index is -0.230. The quantitative estimate of drug-likeness (QED) is 0.450. The molecule has 5 aromatic rings. The number of anilines is 1. The monoisotopic (exact) mass is 410 g/mol. The van der Waals surface area contributed by atoms with Gasteiger partial charge >= 0.3 is 0 Å². The number of hydrogen-bond acceptors (Lipinski definition) is 5. The molecule has 0 unspecified atom stereocenters. The van der Waals surface area contributed by atoms with Crippen LogP contribution in [0.1, 0.15) is 5.89 Å². The number of nitrogens with one attached hydrogen (secondary N) is 1. The van der Waals surface area contributed by atoms with Crippen LogP contribution in [0.4, 0.5) is 5.69 Å². The Balaban J connectivity index is 1.55. The van der Waals surface area contributed by atoms with Crippen molar-refractivity contribution in [3.63, 3.8) is 0 Å². The lowest BCUT2D eigenvalue weighted by molar-refractivity contribution is -0.116. The molecule has 0 saturated heterocycles. The lowest BCUT2D eigenvalue weighted by Gasteiger charge is -2.15. The summed E-state index contributed by atoms with van der Waals surface area (Å²) in [5, 5.41) is 8.06. The predicted molar refractivity (Wildman–Crippen MR) is 119 cm³/mol. The Labute approximate surface area is 176 Å². The summed E-state index contributed by atoms with van der Waals surface area (Å²) in [4.78, 5) is 30.2. The molecule has 3 aromatic carbocycles. The zero-order chi connectivity index (χ0) is 21.4. The van der Waals surface area contributed by atoms with Gasteiger partial charge in [0.1, 0.15) is 6.54 Å². The summed E-state index contributed by atoms with van der Waals surface area (Å²) in [6.07, 6.45) is 0. The van der Waals surface area contributed by atoms with Crippen LogP contribution in [-0.2, 0) is 11.3 Å². The Morgan fingerprint density at radius 1 is 0.935 bits per heavy atom. The van der Waals surface area contributed by atoms with E-state index in [-0.39, 0.29) is 17.9 Å². The molecule has 0 radical (unpaired) electrons. The van der Waals surface area contributed by atoms with E-state index in [1.54, 1.807) is 25.1 Å². The van der Waals surface area contributed by atoms with E-state index in [0.717, 1.165) is 0 Å². The largest absolute Gasteiger partial charge is 0.339 e. The predicted octanol–water partition coefficient (Wildman–Crippen LogP) is 4.15. The maximum Gasteiger partial charge on any atom is 0.244 e. The Bertz CT molecular complexity index is 1440.